The van der Waals surface area contributed by atoms with E-state index in [1.54, 1.807) is 18.3 Å². The number of hydrogen-bond acceptors (Lipinski definition) is 6. The minimum Gasteiger partial charge on any atom is -0.493 e. The number of aryl methyl sites for hydroxylation is 1. The van der Waals surface area contributed by atoms with Crippen molar-refractivity contribution < 1.29 is 19.0 Å². The van der Waals surface area contributed by atoms with Gasteiger partial charge in [-0.25, -0.2) is 4.68 Å². The summed E-state index contributed by atoms with van der Waals surface area (Å²) in [5, 5.41) is 10.3. The first-order valence-corrected chi connectivity index (χ1v) is 6.54. The van der Waals surface area contributed by atoms with Gasteiger partial charge in [0.05, 0.1) is 33.2 Å². The van der Waals surface area contributed by atoms with E-state index in [4.69, 9.17) is 14.2 Å². The van der Waals surface area contributed by atoms with Crippen molar-refractivity contribution in [3.05, 3.63) is 24.0 Å². The van der Waals surface area contributed by atoms with E-state index in [1.807, 2.05) is 6.92 Å². The van der Waals surface area contributed by atoms with Gasteiger partial charge >= 0.3 is 0 Å². The molecule has 0 aliphatic heterocycles. The minimum absolute atomic E-state index is 0.0719. The molecule has 0 spiro atoms. The number of anilines is 1. The standard InChI is InChI=1S/C14H18N4O4/c1-9-7-15-17-18(9)8-13(19)16-10-5-11(20-2)14(22-4)12(6-10)21-3/h5-7H,8H2,1-4H3,(H,16,19). The quantitative estimate of drug-likeness (QED) is 0.864. The summed E-state index contributed by atoms with van der Waals surface area (Å²) in [6, 6.07) is 3.32. The summed E-state index contributed by atoms with van der Waals surface area (Å²) in [6.45, 7) is 1.90. The molecule has 2 aromatic rings. The van der Waals surface area contributed by atoms with Crippen LogP contribution < -0.4 is 19.5 Å². The summed E-state index contributed by atoms with van der Waals surface area (Å²) in [5.41, 5.74) is 1.34. The lowest BCUT2D eigenvalue weighted by Crippen LogP contribution is -2.20. The molecular formula is C14H18N4O4. The Bertz CT molecular complexity index is 644. The van der Waals surface area contributed by atoms with Gasteiger partial charge in [0, 0.05) is 17.8 Å². The van der Waals surface area contributed by atoms with Gasteiger partial charge in [-0.1, -0.05) is 5.21 Å². The molecule has 0 radical (unpaired) electrons. The maximum Gasteiger partial charge on any atom is 0.246 e. The van der Waals surface area contributed by atoms with Gasteiger partial charge in [-0.05, 0) is 6.92 Å². The molecule has 0 aliphatic carbocycles. The molecule has 118 valence electrons. The summed E-state index contributed by atoms with van der Waals surface area (Å²) in [6.07, 6.45) is 1.59. The number of amides is 1. The molecular weight excluding hydrogens is 288 g/mol. The lowest BCUT2D eigenvalue weighted by molar-refractivity contribution is -0.117. The monoisotopic (exact) mass is 306 g/mol. The van der Waals surface area contributed by atoms with Crippen LogP contribution in [0.4, 0.5) is 5.69 Å². The molecule has 8 nitrogen and oxygen atoms in total. The number of hydrogen-bond donors (Lipinski definition) is 1. The maximum atomic E-state index is 12.1. The highest BCUT2D eigenvalue weighted by Crippen LogP contribution is 2.39. The Hall–Kier alpha value is -2.77. The predicted octanol–water partition coefficient (Wildman–Crippen LogP) is 1.25. The van der Waals surface area contributed by atoms with Crippen molar-refractivity contribution >= 4 is 11.6 Å². The third-order valence-electron chi connectivity index (χ3n) is 3.05. The van der Waals surface area contributed by atoms with Crippen molar-refractivity contribution in [2.24, 2.45) is 0 Å². The minimum atomic E-state index is -0.233. The van der Waals surface area contributed by atoms with Crippen LogP contribution in [0.1, 0.15) is 5.69 Å². The van der Waals surface area contributed by atoms with Gasteiger partial charge in [-0.15, -0.1) is 5.10 Å². The molecule has 22 heavy (non-hydrogen) atoms. The Kier molecular flexibility index (Phi) is 4.82. The van der Waals surface area contributed by atoms with E-state index in [9.17, 15) is 4.79 Å². The lowest BCUT2D eigenvalue weighted by atomic mass is 10.2. The maximum absolute atomic E-state index is 12.1. The largest absolute Gasteiger partial charge is 0.493 e. The Morgan fingerprint density at radius 3 is 2.27 bits per heavy atom. The second-order valence-corrected chi connectivity index (χ2v) is 4.50. The molecule has 0 bridgehead atoms. The van der Waals surface area contributed by atoms with E-state index >= 15 is 0 Å². The average Bonchev–Trinajstić information content (AvgIpc) is 2.91. The molecule has 0 aliphatic rings. The van der Waals surface area contributed by atoms with E-state index < -0.39 is 0 Å². The normalized spacial score (nSPS) is 10.2. The Morgan fingerprint density at radius 2 is 1.82 bits per heavy atom. The van der Waals surface area contributed by atoms with E-state index in [1.165, 1.54) is 26.0 Å². The molecule has 1 amide bonds. The number of nitrogens with zero attached hydrogens (tertiary/aromatic N) is 3. The molecule has 0 unspecified atom stereocenters. The Morgan fingerprint density at radius 1 is 1.18 bits per heavy atom. The van der Waals surface area contributed by atoms with Crippen molar-refractivity contribution in [3.63, 3.8) is 0 Å². The summed E-state index contributed by atoms with van der Waals surface area (Å²) in [4.78, 5) is 12.1. The molecule has 1 heterocycles. The van der Waals surface area contributed by atoms with Gasteiger partial charge in [-0.2, -0.15) is 0 Å². The van der Waals surface area contributed by atoms with E-state index in [-0.39, 0.29) is 12.5 Å². The summed E-state index contributed by atoms with van der Waals surface area (Å²) >= 11 is 0. The summed E-state index contributed by atoms with van der Waals surface area (Å²) in [5.74, 6) is 1.17. The van der Waals surface area contributed by atoms with Crippen LogP contribution >= 0.6 is 0 Å². The topological polar surface area (TPSA) is 87.5 Å². The fourth-order valence-electron chi connectivity index (χ4n) is 1.96. The van der Waals surface area contributed by atoms with Crippen molar-refractivity contribution in [2.75, 3.05) is 26.6 Å². The van der Waals surface area contributed by atoms with E-state index in [0.717, 1.165) is 5.69 Å². The molecule has 0 saturated heterocycles. The van der Waals surface area contributed by atoms with Crippen LogP contribution in [0.25, 0.3) is 0 Å². The second kappa shape index (κ2) is 6.79. The first-order valence-electron chi connectivity index (χ1n) is 6.54. The second-order valence-electron chi connectivity index (χ2n) is 4.50. The number of aromatic nitrogens is 3. The van der Waals surface area contributed by atoms with Crippen LogP contribution in [0.2, 0.25) is 0 Å². The summed E-state index contributed by atoms with van der Waals surface area (Å²) < 4.78 is 17.2. The first-order chi connectivity index (χ1) is 10.6. The molecule has 2 rings (SSSR count). The van der Waals surface area contributed by atoms with Crippen LogP contribution in [0, 0.1) is 6.92 Å². The van der Waals surface area contributed by atoms with Gasteiger partial charge < -0.3 is 19.5 Å². The zero-order chi connectivity index (χ0) is 16.1. The van der Waals surface area contributed by atoms with Crippen LogP contribution in [0.3, 0.4) is 0 Å². The van der Waals surface area contributed by atoms with Crippen LogP contribution in [-0.4, -0.2) is 42.2 Å². The first kappa shape index (κ1) is 15.6. The highest BCUT2D eigenvalue weighted by Gasteiger charge is 2.15. The summed E-state index contributed by atoms with van der Waals surface area (Å²) in [7, 11) is 4.55. The number of carbonyl (C=O) groups is 1. The highest BCUT2D eigenvalue weighted by molar-refractivity contribution is 5.91. The smallest absolute Gasteiger partial charge is 0.246 e. The molecule has 0 saturated carbocycles. The van der Waals surface area contributed by atoms with E-state index in [0.29, 0.717) is 22.9 Å². The van der Waals surface area contributed by atoms with Gasteiger partial charge in [0.15, 0.2) is 11.5 Å². The number of nitrogens with one attached hydrogen (secondary N) is 1. The van der Waals surface area contributed by atoms with Gasteiger partial charge in [0.25, 0.3) is 0 Å². The van der Waals surface area contributed by atoms with Crippen LogP contribution in [-0.2, 0) is 11.3 Å². The number of benzene rings is 1. The number of ether oxygens (including phenoxy) is 3. The zero-order valence-electron chi connectivity index (χ0n) is 12.9. The molecule has 8 heteroatoms. The third kappa shape index (κ3) is 3.27. The fourth-order valence-corrected chi connectivity index (χ4v) is 1.96. The molecule has 0 fully saturated rings. The van der Waals surface area contributed by atoms with Crippen molar-refractivity contribution in [2.45, 2.75) is 13.5 Å². The average molecular weight is 306 g/mol. The zero-order valence-corrected chi connectivity index (χ0v) is 12.9. The fraction of sp³-hybridized carbons (Fsp3) is 0.357. The van der Waals surface area contributed by atoms with Gasteiger partial charge in [0.1, 0.15) is 6.54 Å². The highest BCUT2D eigenvalue weighted by atomic mass is 16.5. The Balaban J connectivity index is 2.18. The van der Waals surface area contributed by atoms with Gasteiger partial charge in [0.2, 0.25) is 11.7 Å². The SMILES string of the molecule is COc1cc(NC(=O)Cn2nncc2C)cc(OC)c1OC. The third-order valence-corrected chi connectivity index (χ3v) is 3.05. The van der Waals surface area contributed by atoms with Crippen LogP contribution in [0.15, 0.2) is 18.3 Å². The number of rotatable bonds is 6. The Labute approximate surface area is 128 Å². The van der Waals surface area contributed by atoms with Crippen molar-refractivity contribution in [3.8, 4) is 17.2 Å². The predicted molar refractivity (Wildman–Crippen MR) is 79.5 cm³/mol. The molecule has 1 N–H and O–H groups in total. The van der Waals surface area contributed by atoms with Crippen molar-refractivity contribution in [1.82, 2.24) is 15.0 Å². The lowest BCUT2D eigenvalue weighted by Gasteiger charge is -2.14. The number of methoxy groups -OCH3 is 3. The molecule has 1 aromatic carbocycles. The molecule has 1 aromatic heterocycles. The van der Waals surface area contributed by atoms with Gasteiger partial charge in [-0.3, -0.25) is 4.79 Å². The molecule has 0 atom stereocenters. The van der Waals surface area contributed by atoms with E-state index in [2.05, 4.69) is 15.6 Å². The van der Waals surface area contributed by atoms with Crippen LogP contribution in [0.5, 0.6) is 17.2 Å². The van der Waals surface area contributed by atoms with Crippen molar-refractivity contribution in [1.29, 1.82) is 0 Å². The number of carbonyl (C=O) groups excluding carboxylic acids is 1.